The molecule has 1 aromatic carbocycles. The van der Waals surface area contributed by atoms with E-state index in [9.17, 15) is 25.0 Å². The molecule has 8 nitrogen and oxygen atoms in total. The molecular formula is C10H9N3O5S. The minimum atomic E-state index is -0.727. The topological polar surface area (TPSA) is 107 Å². The Morgan fingerprint density at radius 1 is 1.16 bits per heavy atom. The number of carbonyl (C=O) groups excluding carboxylic acids is 1. The summed E-state index contributed by atoms with van der Waals surface area (Å²) < 4.78 is 0. The van der Waals surface area contributed by atoms with E-state index in [4.69, 9.17) is 0 Å². The lowest BCUT2D eigenvalue weighted by atomic mass is 10.2. The van der Waals surface area contributed by atoms with Crippen LogP contribution in [-0.2, 0) is 4.79 Å². The van der Waals surface area contributed by atoms with Gasteiger partial charge in [0.2, 0.25) is 5.91 Å². The second-order valence-electron chi connectivity index (χ2n) is 4.08. The number of hydrogen-bond donors (Lipinski definition) is 1. The molecule has 0 radical (unpaired) electrons. The smallest absolute Gasteiger partial charge is 0.278 e. The highest BCUT2D eigenvalue weighted by Gasteiger charge is 2.30. The number of nitrogens with zero attached hydrogens (tertiary/aromatic N) is 3. The Labute approximate surface area is 112 Å². The highest BCUT2D eigenvalue weighted by atomic mass is 32.1. The van der Waals surface area contributed by atoms with Gasteiger partial charge in [0.25, 0.3) is 11.4 Å². The van der Waals surface area contributed by atoms with E-state index in [-0.39, 0.29) is 29.8 Å². The van der Waals surface area contributed by atoms with Gasteiger partial charge in [-0.05, 0) is 0 Å². The lowest BCUT2D eigenvalue weighted by Crippen LogP contribution is -2.24. The maximum atomic E-state index is 11.7. The minimum Gasteiger partial charge on any atom is -0.311 e. The molecule has 0 aromatic heterocycles. The highest BCUT2D eigenvalue weighted by Crippen LogP contribution is 2.31. The fourth-order valence-corrected chi connectivity index (χ4v) is 2.20. The first-order valence-corrected chi connectivity index (χ1v) is 5.82. The van der Waals surface area contributed by atoms with Crippen LogP contribution in [0.15, 0.2) is 18.2 Å². The van der Waals surface area contributed by atoms with Crippen molar-refractivity contribution in [3.05, 3.63) is 38.4 Å². The number of anilines is 1. The third kappa shape index (κ3) is 2.65. The fourth-order valence-electron chi connectivity index (χ4n) is 1.88. The van der Waals surface area contributed by atoms with Gasteiger partial charge < -0.3 is 4.90 Å². The molecule has 1 atom stereocenters. The molecule has 9 heteroatoms. The Morgan fingerprint density at radius 2 is 1.68 bits per heavy atom. The van der Waals surface area contributed by atoms with Gasteiger partial charge in [0.05, 0.1) is 21.6 Å². The van der Waals surface area contributed by atoms with Crippen LogP contribution in [0, 0.1) is 20.2 Å². The van der Waals surface area contributed by atoms with Crippen LogP contribution in [0.2, 0.25) is 0 Å². The van der Waals surface area contributed by atoms with Gasteiger partial charge in [-0.3, -0.25) is 25.0 Å². The zero-order chi connectivity index (χ0) is 14.2. The first kappa shape index (κ1) is 13.3. The fraction of sp³-hybridized carbons (Fsp3) is 0.300. The number of amides is 1. The molecule has 1 unspecified atom stereocenters. The third-order valence-corrected chi connectivity index (χ3v) is 3.07. The summed E-state index contributed by atoms with van der Waals surface area (Å²) in [4.78, 5) is 33.0. The van der Waals surface area contributed by atoms with Crippen molar-refractivity contribution in [3.8, 4) is 0 Å². The molecule has 1 aliphatic rings. The Kier molecular flexibility index (Phi) is 3.38. The Hall–Kier alpha value is -2.16. The molecule has 100 valence electrons. The van der Waals surface area contributed by atoms with Gasteiger partial charge in [0.15, 0.2) is 0 Å². The van der Waals surface area contributed by atoms with Gasteiger partial charge in [-0.25, -0.2) is 0 Å². The second-order valence-corrected chi connectivity index (χ2v) is 4.81. The van der Waals surface area contributed by atoms with Crippen LogP contribution >= 0.6 is 12.6 Å². The lowest BCUT2D eigenvalue weighted by molar-refractivity contribution is -0.394. The van der Waals surface area contributed by atoms with Gasteiger partial charge in [0, 0.05) is 30.3 Å². The van der Waals surface area contributed by atoms with Crippen LogP contribution in [0.1, 0.15) is 6.42 Å². The predicted octanol–water partition coefficient (Wildman–Crippen LogP) is 1.54. The van der Waals surface area contributed by atoms with Crippen molar-refractivity contribution in [2.45, 2.75) is 11.7 Å². The molecule has 0 saturated carbocycles. The highest BCUT2D eigenvalue weighted by molar-refractivity contribution is 7.81. The number of benzene rings is 1. The number of hydrogen-bond acceptors (Lipinski definition) is 6. The molecule has 1 heterocycles. The molecular weight excluding hydrogens is 274 g/mol. The predicted molar refractivity (Wildman–Crippen MR) is 69.5 cm³/mol. The largest absolute Gasteiger partial charge is 0.311 e. The maximum absolute atomic E-state index is 11.7. The summed E-state index contributed by atoms with van der Waals surface area (Å²) in [7, 11) is 0. The van der Waals surface area contributed by atoms with E-state index in [0.717, 1.165) is 18.2 Å². The van der Waals surface area contributed by atoms with E-state index < -0.39 is 21.2 Å². The van der Waals surface area contributed by atoms with Crippen LogP contribution < -0.4 is 4.90 Å². The van der Waals surface area contributed by atoms with Gasteiger partial charge in [-0.1, -0.05) is 0 Å². The third-order valence-electron chi connectivity index (χ3n) is 2.73. The molecule has 0 aliphatic carbocycles. The number of carbonyl (C=O) groups is 1. The monoisotopic (exact) mass is 283 g/mol. The summed E-state index contributed by atoms with van der Waals surface area (Å²) in [5.41, 5.74) is -0.679. The van der Waals surface area contributed by atoms with Crippen LogP contribution in [0.3, 0.4) is 0 Å². The van der Waals surface area contributed by atoms with Crippen molar-refractivity contribution < 1.29 is 14.6 Å². The lowest BCUT2D eigenvalue weighted by Gasteiger charge is -2.15. The number of thiol groups is 1. The zero-order valence-electron chi connectivity index (χ0n) is 9.55. The van der Waals surface area contributed by atoms with Crippen LogP contribution in [0.5, 0.6) is 0 Å². The van der Waals surface area contributed by atoms with Crippen molar-refractivity contribution in [1.29, 1.82) is 0 Å². The molecule has 2 rings (SSSR count). The number of nitro groups is 2. The molecule has 0 bridgehead atoms. The van der Waals surface area contributed by atoms with Gasteiger partial charge in [-0.15, -0.1) is 0 Å². The Bertz CT molecular complexity index is 544. The number of rotatable bonds is 3. The van der Waals surface area contributed by atoms with E-state index in [1.54, 1.807) is 0 Å². The summed E-state index contributed by atoms with van der Waals surface area (Å²) in [5.74, 6) is -0.255. The Morgan fingerprint density at radius 3 is 2.05 bits per heavy atom. The van der Waals surface area contributed by atoms with Gasteiger partial charge in [-0.2, -0.15) is 12.6 Å². The van der Waals surface area contributed by atoms with Crippen molar-refractivity contribution in [1.82, 2.24) is 0 Å². The summed E-state index contributed by atoms with van der Waals surface area (Å²) in [6.45, 7) is 0.278. The van der Waals surface area contributed by atoms with E-state index in [2.05, 4.69) is 12.6 Å². The molecule has 1 saturated heterocycles. The van der Waals surface area contributed by atoms with E-state index in [1.807, 2.05) is 0 Å². The molecule has 1 aliphatic heterocycles. The van der Waals surface area contributed by atoms with Crippen molar-refractivity contribution in [2.24, 2.45) is 0 Å². The molecule has 1 amide bonds. The summed E-state index contributed by atoms with van der Waals surface area (Å²) in [6.07, 6.45) is 0.208. The standard InChI is InChI=1S/C10H9N3O5S/c14-10-4-9(19)5-11(10)6-1-7(12(15)16)3-8(2-6)13(17)18/h1-3,9,19H,4-5H2. The average molecular weight is 283 g/mol. The first-order valence-electron chi connectivity index (χ1n) is 5.31. The normalized spacial score (nSPS) is 18.7. The first-order chi connectivity index (χ1) is 8.88. The van der Waals surface area contributed by atoms with Crippen LogP contribution in [0.4, 0.5) is 17.1 Å². The second kappa shape index (κ2) is 4.84. The van der Waals surface area contributed by atoms with Crippen LogP contribution in [0.25, 0.3) is 0 Å². The van der Waals surface area contributed by atoms with E-state index in [1.165, 1.54) is 4.90 Å². The Balaban J connectivity index is 2.48. The SMILES string of the molecule is O=C1CC(S)CN1c1cc([N+](=O)[O-])cc([N+](=O)[O-])c1. The summed E-state index contributed by atoms with van der Waals surface area (Å²) in [6, 6.07) is 3.16. The molecule has 1 aromatic rings. The zero-order valence-corrected chi connectivity index (χ0v) is 10.4. The average Bonchev–Trinajstić information content (AvgIpc) is 2.67. The molecule has 19 heavy (non-hydrogen) atoms. The quantitative estimate of drug-likeness (QED) is 0.514. The summed E-state index contributed by atoms with van der Waals surface area (Å²) >= 11 is 4.16. The molecule has 0 spiro atoms. The number of nitro benzene ring substituents is 2. The number of non-ortho nitro benzene ring substituents is 2. The van der Waals surface area contributed by atoms with Crippen LogP contribution in [-0.4, -0.2) is 27.5 Å². The van der Waals surface area contributed by atoms with E-state index >= 15 is 0 Å². The molecule has 0 N–H and O–H groups in total. The maximum Gasteiger partial charge on any atom is 0.278 e. The van der Waals surface area contributed by atoms with Gasteiger partial charge in [0.1, 0.15) is 0 Å². The van der Waals surface area contributed by atoms with Crippen molar-refractivity contribution >= 4 is 35.6 Å². The molecule has 1 fully saturated rings. The summed E-state index contributed by atoms with van der Waals surface area (Å²) in [5, 5.41) is 21.3. The van der Waals surface area contributed by atoms with Crippen molar-refractivity contribution in [2.75, 3.05) is 11.4 Å². The van der Waals surface area contributed by atoms with E-state index in [0.29, 0.717) is 0 Å². The minimum absolute atomic E-state index is 0.155. The van der Waals surface area contributed by atoms with Crippen molar-refractivity contribution in [3.63, 3.8) is 0 Å². The van der Waals surface area contributed by atoms with Gasteiger partial charge >= 0.3 is 0 Å².